The fourth-order valence-corrected chi connectivity index (χ4v) is 3.44. The minimum atomic E-state index is -0.364. The maximum absolute atomic E-state index is 12.0. The molecule has 0 unspecified atom stereocenters. The van der Waals surface area contributed by atoms with E-state index in [0.717, 1.165) is 23.1 Å². The van der Waals surface area contributed by atoms with Gasteiger partial charge in [0.15, 0.2) is 5.58 Å². The summed E-state index contributed by atoms with van der Waals surface area (Å²) in [6, 6.07) is 7.80. The van der Waals surface area contributed by atoms with E-state index in [4.69, 9.17) is 9.15 Å². The van der Waals surface area contributed by atoms with E-state index in [-0.39, 0.29) is 5.97 Å². The molecule has 0 saturated carbocycles. The highest BCUT2D eigenvalue weighted by Gasteiger charge is 2.19. The van der Waals surface area contributed by atoms with E-state index in [2.05, 4.69) is 11.1 Å². The number of aryl methyl sites for hydroxylation is 2. The molecule has 0 aliphatic rings. The van der Waals surface area contributed by atoms with Gasteiger partial charge in [-0.2, -0.15) is 5.26 Å². The summed E-state index contributed by atoms with van der Waals surface area (Å²) in [6.07, 6.45) is 0.762. The molecule has 0 radical (unpaired) electrons. The van der Waals surface area contributed by atoms with Crippen molar-refractivity contribution in [1.29, 1.82) is 5.26 Å². The third kappa shape index (κ3) is 2.79. The van der Waals surface area contributed by atoms with Crippen LogP contribution in [-0.2, 0) is 11.2 Å². The highest BCUT2D eigenvalue weighted by molar-refractivity contribution is 7.17. The van der Waals surface area contributed by atoms with Gasteiger partial charge in [-0.05, 0) is 32.0 Å². The molecule has 0 N–H and O–H groups in total. The average Bonchev–Trinajstić information content (AvgIpc) is 3.17. The lowest BCUT2D eigenvalue weighted by atomic mass is 10.1. The lowest BCUT2D eigenvalue weighted by Crippen LogP contribution is -2.03. The summed E-state index contributed by atoms with van der Waals surface area (Å²) < 4.78 is 10.8. The predicted molar refractivity (Wildman–Crippen MR) is 92.1 cm³/mol. The number of nitrogens with zero attached hydrogens (tertiary/aromatic N) is 2. The van der Waals surface area contributed by atoms with Crippen LogP contribution in [0.3, 0.4) is 0 Å². The van der Waals surface area contributed by atoms with Gasteiger partial charge in [-0.1, -0.05) is 6.92 Å². The minimum absolute atomic E-state index is 0.324. The maximum Gasteiger partial charge on any atom is 0.350 e. The molecular formula is C18H16N2O3S. The lowest BCUT2D eigenvalue weighted by Gasteiger charge is -1.99. The smallest absolute Gasteiger partial charge is 0.350 e. The topological polar surface area (TPSA) is 76.1 Å². The van der Waals surface area contributed by atoms with Crippen LogP contribution >= 0.6 is 11.3 Å². The van der Waals surface area contributed by atoms with Crippen LogP contribution in [0, 0.1) is 18.3 Å². The number of benzene rings is 1. The summed E-state index contributed by atoms with van der Waals surface area (Å²) in [5.74, 6) is 0.470. The Morgan fingerprint density at radius 3 is 2.83 bits per heavy atom. The second-order valence-electron chi connectivity index (χ2n) is 5.27. The number of thiazole rings is 1. The molecule has 24 heavy (non-hydrogen) atoms. The summed E-state index contributed by atoms with van der Waals surface area (Å²) in [5.41, 5.74) is 2.49. The number of ether oxygens (including phenoxy) is 1. The van der Waals surface area contributed by atoms with E-state index in [0.29, 0.717) is 33.3 Å². The molecule has 0 spiro atoms. The molecule has 6 heteroatoms. The molecular weight excluding hydrogens is 324 g/mol. The van der Waals surface area contributed by atoms with Gasteiger partial charge in [-0.15, -0.1) is 11.3 Å². The summed E-state index contributed by atoms with van der Waals surface area (Å²) >= 11 is 1.28. The molecule has 0 bridgehead atoms. The first-order valence-electron chi connectivity index (χ1n) is 7.68. The molecule has 0 fully saturated rings. The highest BCUT2D eigenvalue weighted by Crippen LogP contribution is 2.33. The Kier molecular flexibility index (Phi) is 4.36. The zero-order valence-electron chi connectivity index (χ0n) is 13.7. The fourth-order valence-electron chi connectivity index (χ4n) is 2.49. The maximum atomic E-state index is 12.0. The number of esters is 1. The van der Waals surface area contributed by atoms with Crippen molar-refractivity contribution in [1.82, 2.24) is 4.98 Å². The van der Waals surface area contributed by atoms with Crippen LogP contribution in [0.4, 0.5) is 0 Å². The molecule has 3 aromatic rings. The van der Waals surface area contributed by atoms with Gasteiger partial charge in [0.05, 0.1) is 17.9 Å². The van der Waals surface area contributed by atoms with Gasteiger partial charge in [0, 0.05) is 17.4 Å². The van der Waals surface area contributed by atoms with Crippen molar-refractivity contribution in [2.45, 2.75) is 27.2 Å². The van der Waals surface area contributed by atoms with E-state index >= 15 is 0 Å². The van der Waals surface area contributed by atoms with Gasteiger partial charge in [-0.25, -0.2) is 9.78 Å². The number of carbonyl (C=O) groups excluding carboxylic acids is 1. The second-order valence-corrected chi connectivity index (χ2v) is 6.27. The van der Waals surface area contributed by atoms with E-state index in [9.17, 15) is 10.1 Å². The summed E-state index contributed by atoms with van der Waals surface area (Å²) in [6.45, 7) is 5.88. The molecule has 0 amide bonds. The van der Waals surface area contributed by atoms with Gasteiger partial charge in [0.1, 0.15) is 21.7 Å². The van der Waals surface area contributed by atoms with E-state index < -0.39 is 0 Å². The number of nitriles is 1. The molecule has 0 aliphatic carbocycles. The molecule has 0 saturated heterocycles. The second kappa shape index (κ2) is 6.46. The molecule has 0 atom stereocenters. The summed E-state index contributed by atoms with van der Waals surface area (Å²) in [5, 5.41) is 11.0. The molecule has 1 aromatic carbocycles. The Morgan fingerprint density at radius 2 is 2.17 bits per heavy atom. The number of hydrogen-bond donors (Lipinski definition) is 0. The Hall–Kier alpha value is -2.65. The Morgan fingerprint density at radius 1 is 1.38 bits per heavy atom. The normalized spacial score (nSPS) is 10.8. The molecule has 2 aromatic heterocycles. The highest BCUT2D eigenvalue weighted by atomic mass is 32.1. The number of carbonyl (C=O) groups is 1. The van der Waals surface area contributed by atoms with Crippen LogP contribution in [0.2, 0.25) is 0 Å². The van der Waals surface area contributed by atoms with Crippen LogP contribution in [0.5, 0.6) is 0 Å². The standard InChI is InChI=1S/C18H16N2O3S/c1-4-14-8-11-6-12(7-13(9-19)15(11)23-14)17-20-10(3)16(24-17)18(21)22-5-2/h6-8H,4-5H2,1-3H3. The Balaban J connectivity index is 2.11. The molecule has 122 valence electrons. The summed E-state index contributed by atoms with van der Waals surface area (Å²) in [7, 11) is 0. The Labute approximate surface area is 143 Å². The molecule has 0 aliphatic heterocycles. The first kappa shape index (κ1) is 16.2. The van der Waals surface area contributed by atoms with Crippen molar-refractivity contribution >= 4 is 28.3 Å². The van der Waals surface area contributed by atoms with Gasteiger partial charge in [0.2, 0.25) is 0 Å². The van der Waals surface area contributed by atoms with Gasteiger partial charge < -0.3 is 9.15 Å². The van der Waals surface area contributed by atoms with Crippen molar-refractivity contribution in [3.63, 3.8) is 0 Å². The van der Waals surface area contributed by atoms with Gasteiger partial charge >= 0.3 is 5.97 Å². The SMILES string of the molecule is CCOC(=O)c1sc(-c2cc(C#N)c3oc(CC)cc3c2)nc1C. The van der Waals surface area contributed by atoms with Crippen molar-refractivity contribution in [3.05, 3.63) is 40.1 Å². The van der Waals surface area contributed by atoms with Crippen molar-refractivity contribution < 1.29 is 13.9 Å². The fraction of sp³-hybridized carbons (Fsp3) is 0.278. The number of fused-ring (bicyclic) bond motifs is 1. The van der Waals surface area contributed by atoms with Crippen molar-refractivity contribution in [2.24, 2.45) is 0 Å². The number of aromatic nitrogens is 1. The minimum Gasteiger partial charge on any atom is -0.462 e. The largest absolute Gasteiger partial charge is 0.462 e. The van der Waals surface area contributed by atoms with E-state index in [1.165, 1.54) is 11.3 Å². The Bertz CT molecular complexity index is 963. The van der Waals surface area contributed by atoms with Crippen LogP contribution in [-0.4, -0.2) is 17.6 Å². The van der Waals surface area contributed by atoms with Crippen LogP contribution in [0.15, 0.2) is 22.6 Å². The quantitative estimate of drug-likeness (QED) is 0.655. The first-order chi connectivity index (χ1) is 11.6. The van der Waals surface area contributed by atoms with Crippen LogP contribution in [0.25, 0.3) is 21.5 Å². The van der Waals surface area contributed by atoms with Crippen molar-refractivity contribution in [3.8, 4) is 16.6 Å². The summed E-state index contributed by atoms with van der Waals surface area (Å²) in [4.78, 5) is 16.9. The number of hydrogen-bond acceptors (Lipinski definition) is 6. The monoisotopic (exact) mass is 340 g/mol. The van der Waals surface area contributed by atoms with Gasteiger partial charge in [0.25, 0.3) is 0 Å². The third-order valence-corrected chi connectivity index (χ3v) is 4.83. The first-order valence-corrected chi connectivity index (χ1v) is 8.50. The van der Waals surface area contributed by atoms with Crippen LogP contribution in [0.1, 0.15) is 40.5 Å². The molecule has 2 heterocycles. The molecule has 5 nitrogen and oxygen atoms in total. The predicted octanol–water partition coefficient (Wildman–Crippen LogP) is 4.48. The number of rotatable bonds is 4. The van der Waals surface area contributed by atoms with E-state index in [1.807, 2.05) is 19.1 Å². The van der Waals surface area contributed by atoms with Crippen molar-refractivity contribution in [2.75, 3.05) is 6.61 Å². The lowest BCUT2D eigenvalue weighted by molar-refractivity contribution is 0.0531. The van der Waals surface area contributed by atoms with E-state index in [1.54, 1.807) is 19.9 Å². The number of furan rings is 1. The zero-order valence-corrected chi connectivity index (χ0v) is 14.5. The molecule has 3 rings (SSSR count). The zero-order chi connectivity index (χ0) is 17.3. The van der Waals surface area contributed by atoms with Crippen LogP contribution < -0.4 is 0 Å². The third-order valence-electron chi connectivity index (χ3n) is 3.64. The average molecular weight is 340 g/mol. The van der Waals surface area contributed by atoms with Gasteiger partial charge in [-0.3, -0.25) is 0 Å².